The molecule has 0 amide bonds. The number of halogens is 2. The molecule has 2 unspecified atom stereocenters. The van der Waals surface area contributed by atoms with Gasteiger partial charge in [0.05, 0.1) is 6.10 Å². The fraction of sp³-hybridized carbons (Fsp3) is 0.625. The first kappa shape index (κ1) is 16.3. The topological polar surface area (TPSA) is 21.3 Å². The lowest BCUT2D eigenvalue weighted by molar-refractivity contribution is -0.108. The van der Waals surface area contributed by atoms with E-state index in [2.05, 4.69) is 77.0 Å². The molecule has 4 heteroatoms. The van der Waals surface area contributed by atoms with Gasteiger partial charge in [0.2, 0.25) is 0 Å². The summed E-state index contributed by atoms with van der Waals surface area (Å²) < 4.78 is 8.21. The number of nitrogens with one attached hydrogen (secondary N) is 1. The Bertz CT molecular complexity index is 474. The Morgan fingerprint density at radius 2 is 2.05 bits per heavy atom. The minimum atomic E-state index is 0.163. The van der Waals surface area contributed by atoms with Crippen LogP contribution in [-0.2, 0) is 4.74 Å². The molecule has 0 aliphatic heterocycles. The number of rotatable bonds is 5. The molecule has 20 heavy (non-hydrogen) atoms. The Labute approximate surface area is 138 Å². The van der Waals surface area contributed by atoms with Crippen LogP contribution < -0.4 is 5.32 Å². The van der Waals surface area contributed by atoms with E-state index in [0.29, 0.717) is 18.1 Å². The second kappa shape index (κ2) is 6.37. The number of anilines is 1. The molecule has 1 aliphatic rings. The molecule has 1 fully saturated rings. The molecule has 1 aliphatic carbocycles. The van der Waals surface area contributed by atoms with Crippen molar-refractivity contribution in [2.45, 2.75) is 46.3 Å². The van der Waals surface area contributed by atoms with Gasteiger partial charge in [0, 0.05) is 32.7 Å². The van der Waals surface area contributed by atoms with Crippen LogP contribution in [0.1, 0.15) is 34.1 Å². The minimum absolute atomic E-state index is 0.163. The Hall–Kier alpha value is -0.0600. The van der Waals surface area contributed by atoms with Crippen LogP contribution in [0, 0.1) is 11.3 Å². The quantitative estimate of drug-likeness (QED) is 0.702. The summed E-state index contributed by atoms with van der Waals surface area (Å²) in [5.74, 6) is 0.594. The zero-order valence-electron chi connectivity index (χ0n) is 12.5. The lowest BCUT2D eigenvalue weighted by Crippen LogP contribution is -2.58. The molecule has 0 bridgehead atoms. The molecule has 2 rings (SSSR count). The van der Waals surface area contributed by atoms with Gasteiger partial charge >= 0.3 is 0 Å². The second-order valence-electron chi connectivity index (χ2n) is 6.59. The predicted octanol–water partition coefficient (Wildman–Crippen LogP) is 5.46. The van der Waals surface area contributed by atoms with Crippen molar-refractivity contribution >= 4 is 37.5 Å². The lowest BCUT2D eigenvalue weighted by atomic mass is 9.64. The first-order valence-electron chi connectivity index (χ1n) is 7.14. The molecule has 2 atom stereocenters. The van der Waals surface area contributed by atoms with E-state index in [1.807, 2.05) is 6.07 Å². The summed E-state index contributed by atoms with van der Waals surface area (Å²) in [6, 6.07) is 6.66. The van der Waals surface area contributed by atoms with Crippen molar-refractivity contribution in [2.75, 3.05) is 11.9 Å². The molecule has 0 aromatic heterocycles. The number of benzene rings is 1. The molecule has 1 saturated carbocycles. The van der Waals surface area contributed by atoms with Crippen LogP contribution >= 0.6 is 31.9 Å². The number of hydrogen-bond donors (Lipinski definition) is 1. The van der Waals surface area contributed by atoms with E-state index in [9.17, 15) is 0 Å². The molecule has 2 nitrogen and oxygen atoms in total. The molecule has 0 saturated heterocycles. The van der Waals surface area contributed by atoms with Crippen LogP contribution in [0.5, 0.6) is 0 Å². The van der Waals surface area contributed by atoms with Gasteiger partial charge in [0.1, 0.15) is 0 Å². The SMILES string of the molecule is CC(C)COC1CC(Nc2cc(Br)ccc2Br)C1(C)C. The van der Waals surface area contributed by atoms with E-state index >= 15 is 0 Å². The normalized spacial score (nSPS) is 24.6. The largest absolute Gasteiger partial charge is 0.381 e. The van der Waals surface area contributed by atoms with E-state index in [-0.39, 0.29) is 5.41 Å². The Kier molecular flexibility index (Phi) is 5.19. The zero-order valence-corrected chi connectivity index (χ0v) is 15.7. The van der Waals surface area contributed by atoms with Gasteiger partial charge in [-0.3, -0.25) is 0 Å². The molecule has 0 spiro atoms. The van der Waals surface area contributed by atoms with Crippen molar-refractivity contribution in [1.29, 1.82) is 0 Å². The van der Waals surface area contributed by atoms with Crippen LogP contribution in [0.15, 0.2) is 27.1 Å². The molecular formula is C16H23Br2NO. The first-order chi connectivity index (χ1) is 9.30. The fourth-order valence-corrected chi connectivity index (χ4v) is 3.24. The van der Waals surface area contributed by atoms with Gasteiger partial charge in [0.15, 0.2) is 0 Å². The van der Waals surface area contributed by atoms with Gasteiger partial charge in [-0.15, -0.1) is 0 Å². The molecule has 1 aromatic rings. The highest BCUT2D eigenvalue weighted by Gasteiger charge is 2.49. The summed E-state index contributed by atoms with van der Waals surface area (Å²) in [5, 5.41) is 3.64. The Balaban J connectivity index is 1.97. The van der Waals surface area contributed by atoms with Crippen LogP contribution in [0.2, 0.25) is 0 Å². The molecule has 112 valence electrons. The summed E-state index contributed by atoms with van der Waals surface area (Å²) >= 11 is 7.12. The molecular weight excluding hydrogens is 382 g/mol. The van der Waals surface area contributed by atoms with Crippen molar-refractivity contribution in [1.82, 2.24) is 0 Å². The van der Waals surface area contributed by atoms with Crippen LogP contribution in [0.4, 0.5) is 5.69 Å². The van der Waals surface area contributed by atoms with Gasteiger partial charge in [-0.1, -0.05) is 43.6 Å². The minimum Gasteiger partial charge on any atom is -0.381 e. The molecule has 0 heterocycles. The van der Waals surface area contributed by atoms with Gasteiger partial charge in [-0.25, -0.2) is 0 Å². The average Bonchev–Trinajstić information content (AvgIpc) is 2.36. The fourth-order valence-electron chi connectivity index (χ4n) is 2.52. The first-order valence-corrected chi connectivity index (χ1v) is 8.72. The maximum absolute atomic E-state index is 6.02. The summed E-state index contributed by atoms with van der Waals surface area (Å²) in [5.41, 5.74) is 1.30. The van der Waals surface area contributed by atoms with E-state index in [0.717, 1.165) is 27.7 Å². The third kappa shape index (κ3) is 3.58. The summed E-state index contributed by atoms with van der Waals surface area (Å²) in [4.78, 5) is 0. The van der Waals surface area contributed by atoms with Gasteiger partial charge in [-0.2, -0.15) is 0 Å². The van der Waals surface area contributed by atoms with Gasteiger partial charge in [-0.05, 0) is 46.5 Å². The lowest BCUT2D eigenvalue weighted by Gasteiger charge is -2.52. The third-order valence-electron chi connectivity index (χ3n) is 4.07. The Morgan fingerprint density at radius 1 is 1.35 bits per heavy atom. The maximum atomic E-state index is 6.02. The smallest absolute Gasteiger partial charge is 0.0665 e. The molecule has 1 aromatic carbocycles. The van der Waals surface area contributed by atoms with E-state index in [1.165, 1.54) is 0 Å². The summed E-state index contributed by atoms with van der Waals surface area (Å²) in [6.07, 6.45) is 1.42. The predicted molar refractivity (Wildman–Crippen MR) is 92.2 cm³/mol. The van der Waals surface area contributed by atoms with Crippen molar-refractivity contribution < 1.29 is 4.74 Å². The van der Waals surface area contributed by atoms with Gasteiger partial charge in [0.25, 0.3) is 0 Å². The number of ether oxygens (including phenoxy) is 1. The van der Waals surface area contributed by atoms with Crippen molar-refractivity contribution in [2.24, 2.45) is 11.3 Å². The second-order valence-corrected chi connectivity index (χ2v) is 8.36. The Morgan fingerprint density at radius 3 is 2.65 bits per heavy atom. The van der Waals surface area contributed by atoms with Crippen LogP contribution in [-0.4, -0.2) is 18.8 Å². The third-order valence-corrected chi connectivity index (χ3v) is 5.25. The van der Waals surface area contributed by atoms with Crippen LogP contribution in [0.25, 0.3) is 0 Å². The highest BCUT2D eigenvalue weighted by atomic mass is 79.9. The highest BCUT2D eigenvalue weighted by molar-refractivity contribution is 9.11. The standard InChI is InChI=1S/C16H23Br2NO/c1-10(2)9-20-15-8-14(16(15,3)4)19-13-7-11(17)5-6-12(13)18/h5-7,10,14-15,19H,8-9H2,1-4H3. The average molecular weight is 405 g/mol. The monoisotopic (exact) mass is 403 g/mol. The van der Waals surface area contributed by atoms with Crippen molar-refractivity contribution in [3.63, 3.8) is 0 Å². The van der Waals surface area contributed by atoms with Crippen molar-refractivity contribution in [3.05, 3.63) is 27.1 Å². The summed E-state index contributed by atoms with van der Waals surface area (Å²) in [6.45, 7) is 9.80. The van der Waals surface area contributed by atoms with Crippen molar-refractivity contribution in [3.8, 4) is 0 Å². The van der Waals surface area contributed by atoms with E-state index < -0.39 is 0 Å². The highest BCUT2D eigenvalue weighted by Crippen LogP contribution is 2.45. The van der Waals surface area contributed by atoms with Crippen LogP contribution in [0.3, 0.4) is 0 Å². The van der Waals surface area contributed by atoms with E-state index in [4.69, 9.17) is 4.74 Å². The molecule has 0 radical (unpaired) electrons. The number of hydrogen-bond acceptors (Lipinski definition) is 2. The zero-order chi connectivity index (χ0) is 14.9. The molecule has 1 N–H and O–H groups in total. The summed E-state index contributed by atoms with van der Waals surface area (Å²) in [7, 11) is 0. The maximum Gasteiger partial charge on any atom is 0.0665 e. The van der Waals surface area contributed by atoms with E-state index in [1.54, 1.807) is 0 Å². The van der Waals surface area contributed by atoms with Gasteiger partial charge < -0.3 is 10.1 Å².